The molecule has 8 unspecified atom stereocenters. The zero-order valence-electron chi connectivity index (χ0n) is 44.8. The van der Waals surface area contributed by atoms with Crippen molar-refractivity contribution in [3.8, 4) is 0 Å². The first-order valence-corrected chi connectivity index (χ1v) is 28.4. The second-order valence-electron chi connectivity index (χ2n) is 19.4. The van der Waals surface area contributed by atoms with Gasteiger partial charge in [0, 0.05) is 6.42 Å². The Morgan fingerprint density at radius 1 is 0.563 bits per heavy atom. The van der Waals surface area contributed by atoms with Gasteiger partial charge in [-0.2, -0.15) is 0 Å². The van der Waals surface area contributed by atoms with Crippen LogP contribution in [0.15, 0.2) is 85.1 Å². The predicted octanol–water partition coefficient (Wildman–Crippen LogP) is 12.6. The Morgan fingerprint density at radius 3 is 1.52 bits per heavy atom. The molecule has 0 saturated carbocycles. The van der Waals surface area contributed by atoms with Crippen LogP contribution in [0.25, 0.3) is 0 Å². The van der Waals surface area contributed by atoms with Crippen molar-refractivity contribution in [1.29, 1.82) is 0 Å². The van der Waals surface area contributed by atoms with E-state index in [2.05, 4.69) is 32.2 Å². The maximum Gasteiger partial charge on any atom is 0.306 e. The third-order valence-corrected chi connectivity index (χ3v) is 13.0. The molecule has 0 aromatic carbocycles. The first-order chi connectivity index (χ1) is 34.7. The monoisotopic (exact) mass is 998 g/mol. The Morgan fingerprint density at radius 2 is 1.01 bits per heavy atom. The highest BCUT2D eigenvalue weighted by Gasteiger charge is 2.47. The van der Waals surface area contributed by atoms with E-state index < -0.39 is 67.4 Å². The van der Waals surface area contributed by atoms with Crippen molar-refractivity contribution in [2.45, 2.75) is 269 Å². The topological polar surface area (TPSA) is 175 Å². The molecule has 1 aliphatic heterocycles. The molecule has 0 aliphatic carbocycles. The van der Waals surface area contributed by atoms with E-state index >= 15 is 0 Å². The van der Waals surface area contributed by atoms with Gasteiger partial charge in [-0.15, -0.1) is 0 Å². The lowest BCUT2D eigenvalue weighted by Crippen LogP contribution is -2.61. The maximum atomic E-state index is 13.4. The summed E-state index contributed by atoms with van der Waals surface area (Å²) < 4.78 is 17.5. The number of unbranched alkanes of at least 4 members (excludes halogenated alkanes) is 25. The number of hydrogen-bond acceptors (Lipinski definition) is 10. The van der Waals surface area contributed by atoms with Crippen LogP contribution in [0.5, 0.6) is 0 Å². The second kappa shape index (κ2) is 47.8. The zero-order chi connectivity index (χ0) is 51.8. The van der Waals surface area contributed by atoms with Crippen LogP contribution < -0.4 is 5.32 Å². The van der Waals surface area contributed by atoms with Gasteiger partial charge in [0.1, 0.15) is 24.4 Å². The molecule has 1 saturated heterocycles. The standard InChI is InChI=1S/C60H103NO10/c1-4-7-10-13-16-19-22-25-26-27-30-32-35-38-41-44-47-53(64)59(68)61-51(52(63)46-43-40-37-34-31-28-23-20-17-14-11-8-5-2)50-69-60-58(57(67)56(66)54(49-62)70-60)71-55(65)48-45-42-39-36-33-29-24-21-18-15-12-9-6-3/h7,10,13,16,19,22,25-27,30,32,35,43,46,51-54,56-58,60,62-64,66-67H,4-6,8-9,11-12,14-15,17-18,20-21,23-24,28-29,31,33-34,36-42,44-45,47-50H2,1-3H3,(H,61,68)/b10-7-,16-13+,22-19+,26-25-,30-27+,35-32+,46-43+. The van der Waals surface area contributed by atoms with Crippen LogP contribution in [0.3, 0.4) is 0 Å². The lowest BCUT2D eigenvalue weighted by Gasteiger charge is -2.41. The number of ether oxygens (including phenoxy) is 3. The molecule has 11 nitrogen and oxygen atoms in total. The molecule has 1 rings (SSSR count). The van der Waals surface area contributed by atoms with Crippen LogP contribution >= 0.6 is 0 Å². The molecule has 0 radical (unpaired) electrons. The molecule has 1 fully saturated rings. The summed E-state index contributed by atoms with van der Waals surface area (Å²) in [5, 5.41) is 56.7. The normalized spacial score (nSPS) is 20.3. The number of allylic oxidation sites excluding steroid dienone is 13. The Kier molecular flexibility index (Phi) is 44.4. The van der Waals surface area contributed by atoms with E-state index in [9.17, 15) is 35.1 Å². The number of nitrogens with one attached hydrogen (secondary N) is 1. The van der Waals surface area contributed by atoms with Crippen molar-refractivity contribution in [3.05, 3.63) is 85.1 Å². The van der Waals surface area contributed by atoms with Gasteiger partial charge in [0.15, 0.2) is 12.4 Å². The predicted molar refractivity (Wildman–Crippen MR) is 292 cm³/mol. The molecule has 1 amide bonds. The lowest BCUT2D eigenvalue weighted by molar-refractivity contribution is -0.305. The smallest absolute Gasteiger partial charge is 0.306 e. The number of aliphatic hydroxyl groups is 5. The summed E-state index contributed by atoms with van der Waals surface area (Å²) >= 11 is 0. The average molecular weight is 998 g/mol. The largest absolute Gasteiger partial charge is 0.454 e. The molecule has 0 bridgehead atoms. The van der Waals surface area contributed by atoms with Crippen LogP contribution in [0.4, 0.5) is 0 Å². The van der Waals surface area contributed by atoms with Gasteiger partial charge in [-0.05, 0) is 44.9 Å². The molecule has 8 atom stereocenters. The van der Waals surface area contributed by atoms with E-state index in [1.54, 1.807) is 6.08 Å². The highest BCUT2D eigenvalue weighted by molar-refractivity contribution is 5.80. The number of esters is 1. The van der Waals surface area contributed by atoms with Crippen molar-refractivity contribution >= 4 is 11.9 Å². The Balaban J connectivity index is 2.80. The number of carbonyl (C=O) groups is 2. The number of aliphatic hydroxyl groups excluding tert-OH is 5. The average Bonchev–Trinajstić information content (AvgIpc) is 3.37. The molecule has 11 heteroatoms. The number of amides is 1. The van der Waals surface area contributed by atoms with Gasteiger partial charge in [0.05, 0.1) is 25.4 Å². The summed E-state index contributed by atoms with van der Waals surface area (Å²) in [4.78, 5) is 26.4. The molecule has 408 valence electrons. The minimum Gasteiger partial charge on any atom is -0.454 e. The van der Waals surface area contributed by atoms with Crippen LogP contribution in [-0.4, -0.2) is 99.6 Å². The van der Waals surface area contributed by atoms with Gasteiger partial charge in [-0.25, -0.2) is 0 Å². The van der Waals surface area contributed by atoms with E-state index in [0.29, 0.717) is 12.8 Å². The first-order valence-electron chi connectivity index (χ1n) is 28.4. The Hall–Kier alpha value is -3.16. The number of hydrogen-bond donors (Lipinski definition) is 6. The summed E-state index contributed by atoms with van der Waals surface area (Å²) in [5.74, 6) is -1.24. The summed E-state index contributed by atoms with van der Waals surface area (Å²) in [6, 6.07) is -1.05. The van der Waals surface area contributed by atoms with Gasteiger partial charge < -0.3 is 45.1 Å². The van der Waals surface area contributed by atoms with E-state index in [1.165, 1.54) is 109 Å². The van der Waals surface area contributed by atoms with Gasteiger partial charge in [-0.1, -0.05) is 254 Å². The van der Waals surface area contributed by atoms with E-state index in [0.717, 1.165) is 64.2 Å². The van der Waals surface area contributed by atoms with E-state index in [-0.39, 0.29) is 19.4 Å². The maximum absolute atomic E-state index is 13.4. The van der Waals surface area contributed by atoms with Crippen LogP contribution in [0.2, 0.25) is 0 Å². The molecule has 1 aliphatic rings. The molecular formula is C60H103NO10. The number of carbonyl (C=O) groups excluding carboxylic acids is 2. The fourth-order valence-corrected chi connectivity index (χ4v) is 8.45. The summed E-state index contributed by atoms with van der Waals surface area (Å²) in [5.41, 5.74) is 0. The van der Waals surface area contributed by atoms with E-state index in [1.807, 2.05) is 72.9 Å². The molecular weight excluding hydrogens is 895 g/mol. The highest BCUT2D eigenvalue weighted by atomic mass is 16.7. The zero-order valence-corrected chi connectivity index (χ0v) is 44.8. The van der Waals surface area contributed by atoms with Crippen LogP contribution in [0, 0.1) is 0 Å². The lowest BCUT2D eigenvalue weighted by atomic mass is 9.99. The third-order valence-electron chi connectivity index (χ3n) is 13.0. The minimum atomic E-state index is -1.62. The summed E-state index contributed by atoms with van der Waals surface area (Å²) in [6.45, 7) is 5.59. The molecule has 0 spiro atoms. The van der Waals surface area contributed by atoms with Gasteiger partial charge in [0.25, 0.3) is 0 Å². The van der Waals surface area contributed by atoms with Crippen LogP contribution in [0.1, 0.15) is 220 Å². The molecule has 6 N–H and O–H groups in total. The summed E-state index contributed by atoms with van der Waals surface area (Å²) in [7, 11) is 0. The van der Waals surface area contributed by atoms with Crippen molar-refractivity contribution in [2.24, 2.45) is 0 Å². The molecule has 1 heterocycles. The van der Waals surface area contributed by atoms with Gasteiger partial charge >= 0.3 is 5.97 Å². The van der Waals surface area contributed by atoms with Crippen molar-refractivity contribution in [1.82, 2.24) is 5.32 Å². The first kappa shape index (κ1) is 65.9. The molecule has 71 heavy (non-hydrogen) atoms. The highest BCUT2D eigenvalue weighted by Crippen LogP contribution is 2.26. The quantitative estimate of drug-likeness (QED) is 0.0149. The van der Waals surface area contributed by atoms with E-state index in [4.69, 9.17) is 14.2 Å². The van der Waals surface area contributed by atoms with Crippen molar-refractivity contribution in [3.63, 3.8) is 0 Å². The van der Waals surface area contributed by atoms with Gasteiger partial charge in [0.2, 0.25) is 5.91 Å². The SMILES string of the molecule is CC\C=C/C=C/C=C/C=C\C=C\C=C\CCCCC(O)C(=O)NC(COC1OC(CO)C(O)C(O)C1OC(=O)CCCCCCCCCCCCCCC)C(O)/C=C/CCCCCCCCCCCCC. The Labute approximate surface area is 432 Å². The van der Waals surface area contributed by atoms with Crippen molar-refractivity contribution < 1.29 is 49.3 Å². The fourth-order valence-electron chi connectivity index (χ4n) is 8.45. The fraction of sp³-hybridized carbons (Fsp3) is 0.733. The second-order valence-corrected chi connectivity index (χ2v) is 19.4. The van der Waals surface area contributed by atoms with Gasteiger partial charge in [-0.3, -0.25) is 9.59 Å². The third kappa shape index (κ3) is 36.4. The summed E-state index contributed by atoms with van der Waals surface area (Å²) in [6.07, 6.45) is 50.5. The minimum absolute atomic E-state index is 0.117. The Bertz CT molecular complexity index is 1470. The van der Waals surface area contributed by atoms with Crippen LogP contribution in [-0.2, 0) is 23.8 Å². The van der Waals surface area contributed by atoms with Crippen molar-refractivity contribution in [2.75, 3.05) is 13.2 Å². The molecule has 0 aromatic rings. The number of rotatable bonds is 46. The molecule has 0 aromatic heterocycles.